The largest absolute Gasteiger partial charge is 0.466 e. The van der Waals surface area contributed by atoms with Crippen LogP contribution in [-0.2, 0) is 47.7 Å². The second kappa shape index (κ2) is 22.2. The molecule has 0 radical (unpaired) electrons. The first-order chi connectivity index (χ1) is 18.1. The first-order valence-electron chi connectivity index (χ1n) is 13.8. The topological polar surface area (TPSA) is 139 Å². The van der Waals surface area contributed by atoms with Crippen LogP contribution in [0.4, 0.5) is 0 Å². The van der Waals surface area contributed by atoms with Crippen molar-refractivity contribution in [3.63, 3.8) is 0 Å². The zero-order valence-corrected chi connectivity index (χ0v) is 23.6. The van der Waals surface area contributed by atoms with Crippen LogP contribution in [0.5, 0.6) is 0 Å². The summed E-state index contributed by atoms with van der Waals surface area (Å²) in [7, 11) is 0. The number of unbranched alkanes of at least 4 members (excludes halogenated alkanes) is 6. The molecule has 0 N–H and O–H groups in total. The number of ketones is 2. The molecular formula is C28H46O10. The van der Waals surface area contributed by atoms with E-state index in [9.17, 15) is 28.8 Å². The van der Waals surface area contributed by atoms with Gasteiger partial charge in [-0.05, 0) is 66.2 Å². The molecule has 0 aliphatic rings. The van der Waals surface area contributed by atoms with Gasteiger partial charge in [-0.3, -0.25) is 19.2 Å². The lowest BCUT2D eigenvalue weighted by Gasteiger charge is -2.19. The van der Waals surface area contributed by atoms with Crippen molar-refractivity contribution in [3.05, 3.63) is 0 Å². The first-order valence-corrected chi connectivity index (χ1v) is 13.8. The molecule has 0 heterocycles. The predicted molar refractivity (Wildman–Crippen MR) is 139 cm³/mol. The Morgan fingerprint density at radius 2 is 0.868 bits per heavy atom. The van der Waals surface area contributed by atoms with Gasteiger partial charge >= 0.3 is 23.9 Å². The van der Waals surface area contributed by atoms with E-state index in [1.165, 1.54) is 13.8 Å². The Morgan fingerprint density at radius 3 is 1.18 bits per heavy atom. The molecule has 38 heavy (non-hydrogen) atoms. The van der Waals surface area contributed by atoms with Gasteiger partial charge in [0.05, 0.1) is 13.2 Å². The van der Waals surface area contributed by atoms with Crippen molar-refractivity contribution in [2.24, 2.45) is 0 Å². The molecule has 0 amide bonds. The average Bonchev–Trinajstić information content (AvgIpc) is 2.82. The van der Waals surface area contributed by atoms with Crippen LogP contribution in [0.1, 0.15) is 118 Å². The summed E-state index contributed by atoms with van der Waals surface area (Å²) >= 11 is 0. The molecule has 10 nitrogen and oxygen atoms in total. The van der Waals surface area contributed by atoms with E-state index in [-0.39, 0.29) is 36.3 Å². The molecule has 0 aromatic carbocycles. The van der Waals surface area contributed by atoms with Gasteiger partial charge in [0.1, 0.15) is 23.8 Å². The Hall–Kier alpha value is -2.78. The van der Waals surface area contributed by atoms with Crippen molar-refractivity contribution in [1.82, 2.24) is 0 Å². The zero-order chi connectivity index (χ0) is 28.8. The summed E-state index contributed by atoms with van der Waals surface area (Å²) < 4.78 is 20.3. The molecule has 0 aromatic heterocycles. The third-order valence-corrected chi connectivity index (χ3v) is 5.67. The van der Waals surface area contributed by atoms with Crippen LogP contribution >= 0.6 is 0 Å². The van der Waals surface area contributed by atoms with Gasteiger partial charge in [0.15, 0.2) is 0 Å². The Kier molecular flexibility index (Phi) is 20.6. The van der Waals surface area contributed by atoms with Crippen molar-refractivity contribution < 1.29 is 47.7 Å². The normalized spacial score (nSPS) is 12.2. The molecule has 0 spiro atoms. The van der Waals surface area contributed by atoms with Gasteiger partial charge in [-0.1, -0.05) is 25.7 Å². The minimum atomic E-state index is -1.18. The number of ether oxygens (including phenoxy) is 4. The van der Waals surface area contributed by atoms with Gasteiger partial charge < -0.3 is 18.9 Å². The fraction of sp³-hybridized carbons (Fsp3) is 0.786. The fourth-order valence-corrected chi connectivity index (χ4v) is 3.90. The molecule has 10 heteroatoms. The predicted octanol–water partition coefficient (Wildman–Crippen LogP) is 4.58. The van der Waals surface area contributed by atoms with Gasteiger partial charge in [-0.2, -0.15) is 0 Å². The van der Waals surface area contributed by atoms with Crippen LogP contribution in [-0.4, -0.2) is 60.9 Å². The molecule has 0 aliphatic carbocycles. The highest BCUT2D eigenvalue weighted by Crippen LogP contribution is 2.16. The number of Topliss-reactive ketones (excluding diaryl/α,β-unsaturated/α-hetero) is 2. The Labute approximate surface area is 226 Å². The van der Waals surface area contributed by atoms with E-state index >= 15 is 0 Å². The molecule has 0 saturated carbocycles. The molecule has 218 valence electrons. The Morgan fingerprint density at radius 1 is 0.526 bits per heavy atom. The van der Waals surface area contributed by atoms with E-state index in [0.29, 0.717) is 64.6 Å². The van der Waals surface area contributed by atoms with Crippen molar-refractivity contribution in [2.45, 2.75) is 130 Å². The monoisotopic (exact) mass is 542 g/mol. The highest BCUT2D eigenvalue weighted by molar-refractivity contribution is 6.29. The van der Waals surface area contributed by atoms with E-state index < -0.39 is 24.1 Å². The lowest BCUT2D eigenvalue weighted by molar-refractivity contribution is -0.175. The van der Waals surface area contributed by atoms with Gasteiger partial charge in [0.25, 0.3) is 0 Å². The summed E-state index contributed by atoms with van der Waals surface area (Å²) in [5, 5.41) is 0. The van der Waals surface area contributed by atoms with Crippen LogP contribution in [0, 0.1) is 0 Å². The smallest absolute Gasteiger partial charge is 0.417 e. The number of rotatable bonds is 22. The van der Waals surface area contributed by atoms with Gasteiger partial charge in [-0.15, -0.1) is 0 Å². The van der Waals surface area contributed by atoms with E-state index in [2.05, 4.69) is 0 Å². The number of esters is 4. The zero-order valence-electron chi connectivity index (χ0n) is 23.6. The second-order valence-electron chi connectivity index (χ2n) is 9.38. The highest BCUT2D eigenvalue weighted by atomic mass is 16.6. The quantitative estimate of drug-likeness (QED) is 0.0826. The van der Waals surface area contributed by atoms with Crippen LogP contribution in [0.15, 0.2) is 0 Å². The summed E-state index contributed by atoms with van der Waals surface area (Å²) in [5.74, 6) is -3.16. The summed E-state index contributed by atoms with van der Waals surface area (Å²) in [5.41, 5.74) is 0. The maximum absolute atomic E-state index is 12.4. The lowest BCUT2D eigenvalue weighted by Crippen LogP contribution is -2.31. The Bertz CT molecular complexity index is 684. The van der Waals surface area contributed by atoms with Gasteiger partial charge in [0, 0.05) is 25.7 Å². The second-order valence-corrected chi connectivity index (χ2v) is 9.38. The number of carbonyl (C=O) groups excluding carboxylic acids is 6. The summed E-state index contributed by atoms with van der Waals surface area (Å²) in [6.45, 7) is 6.99. The fourth-order valence-electron chi connectivity index (χ4n) is 3.90. The van der Waals surface area contributed by atoms with Crippen molar-refractivity contribution >= 4 is 35.4 Å². The maximum atomic E-state index is 12.4. The number of hydrogen-bond acceptors (Lipinski definition) is 10. The van der Waals surface area contributed by atoms with E-state index in [0.717, 1.165) is 25.7 Å². The molecule has 0 bridgehead atoms. The van der Waals surface area contributed by atoms with Crippen LogP contribution in [0.3, 0.4) is 0 Å². The van der Waals surface area contributed by atoms with E-state index in [1.807, 2.05) is 0 Å². The van der Waals surface area contributed by atoms with Crippen molar-refractivity contribution in [2.75, 3.05) is 13.2 Å². The van der Waals surface area contributed by atoms with Gasteiger partial charge in [-0.25, -0.2) is 9.59 Å². The van der Waals surface area contributed by atoms with Crippen molar-refractivity contribution in [3.8, 4) is 0 Å². The van der Waals surface area contributed by atoms with E-state index in [4.69, 9.17) is 18.9 Å². The van der Waals surface area contributed by atoms with Crippen LogP contribution in [0.2, 0.25) is 0 Å². The van der Waals surface area contributed by atoms with Crippen molar-refractivity contribution in [1.29, 1.82) is 0 Å². The number of hydrogen-bond donors (Lipinski definition) is 0. The number of carbonyl (C=O) groups is 6. The third-order valence-electron chi connectivity index (χ3n) is 5.67. The van der Waals surface area contributed by atoms with Crippen LogP contribution < -0.4 is 0 Å². The summed E-state index contributed by atoms with van der Waals surface area (Å²) in [4.78, 5) is 70.7. The van der Waals surface area contributed by atoms with Gasteiger partial charge in [0.2, 0.25) is 0 Å². The standard InChI is InChI=1S/C28H46O10/c1-5-35-25(31)17-13-9-7-11-15-23(19-21(3)29)37-27(33)28(34)38-24(20-22(4)30)16-12-8-10-14-18-26(32)36-6-2/h23-24H,5-20H2,1-4H3. The third kappa shape index (κ3) is 20.3. The SMILES string of the molecule is CCOC(=O)CCCCCCC(CC(C)=O)OC(=O)C(=O)OC(CCCCCCC(=O)OCC)CC(C)=O. The molecule has 0 aromatic rings. The van der Waals surface area contributed by atoms with E-state index in [1.54, 1.807) is 13.8 Å². The molecule has 2 unspecified atom stereocenters. The summed E-state index contributed by atoms with van der Waals surface area (Å²) in [6.07, 6.45) is 5.80. The Balaban J connectivity index is 4.55. The first kappa shape index (κ1) is 35.2. The molecule has 2 atom stereocenters. The molecule has 0 saturated heterocycles. The molecule has 0 rings (SSSR count). The minimum Gasteiger partial charge on any atom is -0.466 e. The van der Waals surface area contributed by atoms with Crippen LogP contribution in [0.25, 0.3) is 0 Å². The lowest BCUT2D eigenvalue weighted by atomic mass is 10.0. The minimum absolute atomic E-state index is 0.00941. The molecule has 0 aliphatic heterocycles. The summed E-state index contributed by atoms with van der Waals surface area (Å²) in [6, 6.07) is 0. The highest BCUT2D eigenvalue weighted by Gasteiger charge is 2.26. The average molecular weight is 543 g/mol. The molecular weight excluding hydrogens is 496 g/mol. The molecule has 0 fully saturated rings. The maximum Gasteiger partial charge on any atom is 0.417 e.